The van der Waals surface area contributed by atoms with Gasteiger partial charge in [0.1, 0.15) is 11.4 Å². The van der Waals surface area contributed by atoms with Crippen LogP contribution < -0.4 is 10.2 Å². The van der Waals surface area contributed by atoms with E-state index < -0.39 is 11.7 Å². The molecule has 0 spiro atoms. The number of fused-ring (bicyclic) bond motifs is 1. The lowest BCUT2D eigenvalue weighted by Crippen LogP contribution is -2.40. The standard InChI is InChI=1S/C16H20FN3O2S/c1-16(2,3)22-15(21)18-11-6-7-20(9-11)14-19-12-5-4-10(17)8-13(12)23-14/h4-5,8,11H,6-7,9H2,1-3H3,(H,18,21)/t11-/m1/s1. The Kier molecular flexibility index (Phi) is 4.14. The van der Waals surface area contributed by atoms with Crippen molar-refractivity contribution in [2.24, 2.45) is 0 Å². The molecule has 5 nitrogen and oxygen atoms in total. The van der Waals surface area contributed by atoms with Crippen molar-refractivity contribution in [1.29, 1.82) is 0 Å². The Morgan fingerprint density at radius 1 is 1.48 bits per heavy atom. The Hall–Kier alpha value is -1.89. The molecule has 2 aromatic rings. The number of hydrogen-bond acceptors (Lipinski definition) is 5. The fraction of sp³-hybridized carbons (Fsp3) is 0.500. The molecule has 1 N–H and O–H groups in total. The van der Waals surface area contributed by atoms with Gasteiger partial charge >= 0.3 is 6.09 Å². The van der Waals surface area contributed by atoms with Gasteiger partial charge in [-0.2, -0.15) is 0 Å². The van der Waals surface area contributed by atoms with Crippen molar-refractivity contribution in [2.45, 2.75) is 38.8 Å². The number of ether oxygens (including phenoxy) is 1. The van der Waals surface area contributed by atoms with E-state index in [1.165, 1.54) is 23.5 Å². The highest BCUT2D eigenvalue weighted by molar-refractivity contribution is 7.22. The van der Waals surface area contributed by atoms with E-state index in [9.17, 15) is 9.18 Å². The molecule has 1 amide bonds. The van der Waals surface area contributed by atoms with Crippen molar-refractivity contribution in [3.63, 3.8) is 0 Å². The molecule has 0 radical (unpaired) electrons. The second-order valence-electron chi connectivity index (χ2n) is 6.69. The van der Waals surface area contributed by atoms with Crippen molar-refractivity contribution in [3.05, 3.63) is 24.0 Å². The molecule has 1 aliphatic heterocycles. The molecule has 2 heterocycles. The number of amides is 1. The fourth-order valence-electron chi connectivity index (χ4n) is 2.55. The van der Waals surface area contributed by atoms with Gasteiger partial charge in [0.2, 0.25) is 0 Å². The van der Waals surface area contributed by atoms with E-state index in [0.29, 0.717) is 6.54 Å². The van der Waals surface area contributed by atoms with Gasteiger partial charge in [0.15, 0.2) is 5.13 Å². The van der Waals surface area contributed by atoms with E-state index in [0.717, 1.165) is 28.3 Å². The van der Waals surface area contributed by atoms with Crippen LogP contribution in [0.25, 0.3) is 10.2 Å². The lowest BCUT2D eigenvalue weighted by Gasteiger charge is -2.21. The average molecular weight is 337 g/mol. The summed E-state index contributed by atoms with van der Waals surface area (Å²) in [5, 5.41) is 3.75. The quantitative estimate of drug-likeness (QED) is 0.911. The van der Waals surface area contributed by atoms with Gasteiger partial charge in [0.25, 0.3) is 0 Å². The number of nitrogens with zero attached hydrogens (tertiary/aromatic N) is 2. The Labute approximate surface area is 138 Å². The van der Waals surface area contributed by atoms with Gasteiger partial charge in [0, 0.05) is 13.1 Å². The van der Waals surface area contributed by atoms with E-state index in [2.05, 4.69) is 15.2 Å². The first kappa shape index (κ1) is 16.0. The Morgan fingerprint density at radius 3 is 3.00 bits per heavy atom. The molecule has 1 aromatic carbocycles. The number of hydrogen-bond donors (Lipinski definition) is 1. The molecular weight excluding hydrogens is 317 g/mol. The highest BCUT2D eigenvalue weighted by Gasteiger charge is 2.27. The van der Waals surface area contributed by atoms with Gasteiger partial charge in [-0.25, -0.2) is 14.2 Å². The van der Waals surface area contributed by atoms with Crippen LogP contribution in [0.1, 0.15) is 27.2 Å². The maximum Gasteiger partial charge on any atom is 0.407 e. The van der Waals surface area contributed by atoms with Gasteiger partial charge in [-0.05, 0) is 45.4 Å². The SMILES string of the molecule is CC(C)(C)OC(=O)N[C@@H]1CCN(c2nc3ccc(F)cc3s2)C1. The van der Waals surface area contributed by atoms with E-state index in [4.69, 9.17) is 4.74 Å². The minimum absolute atomic E-state index is 0.0357. The topological polar surface area (TPSA) is 54.5 Å². The van der Waals surface area contributed by atoms with Crippen LogP contribution in [0.3, 0.4) is 0 Å². The summed E-state index contributed by atoms with van der Waals surface area (Å²) in [7, 11) is 0. The van der Waals surface area contributed by atoms with E-state index in [1.807, 2.05) is 20.8 Å². The first-order valence-electron chi connectivity index (χ1n) is 7.61. The molecule has 0 saturated carbocycles. The smallest absolute Gasteiger partial charge is 0.407 e. The summed E-state index contributed by atoms with van der Waals surface area (Å²) in [6, 6.07) is 4.65. The molecule has 0 bridgehead atoms. The van der Waals surface area contributed by atoms with Crippen LogP contribution in [0.2, 0.25) is 0 Å². The molecule has 1 fully saturated rings. The summed E-state index contributed by atoms with van der Waals surface area (Å²) < 4.78 is 19.4. The molecule has 3 rings (SSSR count). The van der Waals surface area contributed by atoms with Gasteiger partial charge in [0.05, 0.1) is 16.3 Å². The summed E-state index contributed by atoms with van der Waals surface area (Å²) in [5.74, 6) is -0.251. The second kappa shape index (κ2) is 5.96. The van der Waals surface area contributed by atoms with Crippen LogP contribution >= 0.6 is 11.3 Å². The van der Waals surface area contributed by atoms with E-state index in [-0.39, 0.29) is 11.9 Å². The Balaban J connectivity index is 1.63. The molecule has 0 aliphatic carbocycles. The van der Waals surface area contributed by atoms with Crippen molar-refractivity contribution >= 4 is 32.8 Å². The highest BCUT2D eigenvalue weighted by Crippen LogP contribution is 2.31. The third kappa shape index (κ3) is 3.90. The van der Waals surface area contributed by atoms with Gasteiger partial charge < -0.3 is 15.0 Å². The van der Waals surface area contributed by atoms with Crippen molar-refractivity contribution in [3.8, 4) is 0 Å². The first-order chi connectivity index (χ1) is 10.8. The minimum Gasteiger partial charge on any atom is -0.444 e. The second-order valence-corrected chi connectivity index (χ2v) is 7.70. The zero-order valence-corrected chi connectivity index (χ0v) is 14.2. The third-order valence-electron chi connectivity index (χ3n) is 3.52. The van der Waals surface area contributed by atoms with Crippen LogP contribution in [0.15, 0.2) is 18.2 Å². The van der Waals surface area contributed by atoms with Crippen LogP contribution in [-0.2, 0) is 4.74 Å². The number of carbonyl (C=O) groups is 1. The average Bonchev–Trinajstić information content (AvgIpc) is 3.01. The zero-order valence-electron chi connectivity index (χ0n) is 13.4. The van der Waals surface area contributed by atoms with E-state index >= 15 is 0 Å². The number of carbonyl (C=O) groups excluding carboxylic acids is 1. The molecule has 1 atom stereocenters. The lowest BCUT2D eigenvalue weighted by atomic mass is 10.2. The monoisotopic (exact) mass is 337 g/mol. The molecule has 1 aromatic heterocycles. The number of nitrogens with one attached hydrogen (secondary N) is 1. The molecule has 23 heavy (non-hydrogen) atoms. The first-order valence-corrected chi connectivity index (χ1v) is 8.42. The van der Waals surface area contributed by atoms with Gasteiger partial charge in [-0.3, -0.25) is 0 Å². The molecule has 124 valence electrons. The zero-order chi connectivity index (χ0) is 16.6. The predicted molar refractivity (Wildman–Crippen MR) is 89.6 cm³/mol. The van der Waals surface area contributed by atoms with Gasteiger partial charge in [-0.1, -0.05) is 11.3 Å². The Morgan fingerprint density at radius 2 is 2.26 bits per heavy atom. The van der Waals surface area contributed by atoms with Crippen LogP contribution in [0, 0.1) is 5.82 Å². The van der Waals surface area contributed by atoms with Crippen molar-refractivity contribution in [2.75, 3.05) is 18.0 Å². The Bertz CT molecular complexity index is 726. The van der Waals surface area contributed by atoms with Crippen LogP contribution in [0.5, 0.6) is 0 Å². The summed E-state index contributed by atoms with van der Waals surface area (Å²) in [4.78, 5) is 18.5. The third-order valence-corrected chi connectivity index (χ3v) is 4.60. The molecule has 1 aliphatic rings. The van der Waals surface area contributed by atoms with E-state index in [1.54, 1.807) is 6.07 Å². The fourth-order valence-corrected chi connectivity index (χ4v) is 3.57. The lowest BCUT2D eigenvalue weighted by molar-refractivity contribution is 0.0509. The molecule has 1 saturated heterocycles. The number of halogens is 1. The number of anilines is 1. The summed E-state index contributed by atoms with van der Waals surface area (Å²) >= 11 is 1.47. The van der Waals surface area contributed by atoms with Crippen molar-refractivity contribution in [1.82, 2.24) is 10.3 Å². The number of alkyl carbamates (subject to hydrolysis) is 1. The predicted octanol–water partition coefficient (Wildman–Crippen LogP) is 3.54. The number of aromatic nitrogens is 1. The summed E-state index contributed by atoms with van der Waals surface area (Å²) in [6.07, 6.45) is 0.444. The number of rotatable bonds is 2. The van der Waals surface area contributed by atoms with Crippen molar-refractivity contribution < 1.29 is 13.9 Å². The van der Waals surface area contributed by atoms with Gasteiger partial charge in [-0.15, -0.1) is 0 Å². The normalized spacial score (nSPS) is 18.4. The molecule has 7 heteroatoms. The number of thiazole rings is 1. The summed E-state index contributed by atoms with van der Waals surface area (Å²) in [5.41, 5.74) is 0.300. The maximum absolute atomic E-state index is 13.3. The molecule has 0 unspecified atom stereocenters. The van der Waals surface area contributed by atoms with Crippen LogP contribution in [-0.4, -0.2) is 35.8 Å². The minimum atomic E-state index is -0.501. The highest BCUT2D eigenvalue weighted by atomic mass is 32.1. The van der Waals surface area contributed by atoms with Crippen LogP contribution in [0.4, 0.5) is 14.3 Å². The summed E-state index contributed by atoms with van der Waals surface area (Å²) in [6.45, 7) is 7.01. The largest absolute Gasteiger partial charge is 0.444 e. The molecular formula is C16H20FN3O2S. The maximum atomic E-state index is 13.3. The number of benzene rings is 1.